The van der Waals surface area contributed by atoms with E-state index in [2.05, 4.69) is 15.3 Å². The lowest BCUT2D eigenvalue weighted by atomic mass is 10.1. The van der Waals surface area contributed by atoms with E-state index in [1.807, 2.05) is 0 Å². The van der Waals surface area contributed by atoms with Crippen LogP contribution in [0.2, 0.25) is 0 Å². The van der Waals surface area contributed by atoms with E-state index in [-0.39, 0.29) is 23.2 Å². The number of carbonyl (C=O) groups is 1. The molecular formula is C18H15FN4O3S. The van der Waals surface area contributed by atoms with E-state index < -0.39 is 4.92 Å². The van der Waals surface area contributed by atoms with Gasteiger partial charge in [0.1, 0.15) is 5.82 Å². The summed E-state index contributed by atoms with van der Waals surface area (Å²) in [5, 5.41) is 14.2. The number of anilines is 1. The fourth-order valence-electron chi connectivity index (χ4n) is 2.43. The van der Waals surface area contributed by atoms with Crippen LogP contribution in [0, 0.1) is 22.9 Å². The second-order valence-corrected chi connectivity index (χ2v) is 6.62. The molecule has 0 spiro atoms. The maximum Gasteiger partial charge on any atom is 0.274 e. The van der Waals surface area contributed by atoms with E-state index in [4.69, 9.17) is 0 Å². The van der Waals surface area contributed by atoms with Crippen LogP contribution in [0.1, 0.15) is 5.56 Å². The molecule has 0 unspecified atom stereocenters. The van der Waals surface area contributed by atoms with Crippen LogP contribution in [0.5, 0.6) is 0 Å². The van der Waals surface area contributed by atoms with Crippen LogP contribution in [0.3, 0.4) is 0 Å². The highest BCUT2D eigenvalue weighted by atomic mass is 32.2. The number of benzene rings is 2. The average Bonchev–Trinajstić information content (AvgIpc) is 3.11. The molecule has 0 radical (unpaired) electrons. The molecule has 1 amide bonds. The zero-order chi connectivity index (χ0) is 19.4. The molecule has 0 atom stereocenters. The monoisotopic (exact) mass is 386 g/mol. The number of hydrogen-bond acceptors (Lipinski definition) is 5. The number of amides is 1. The number of nitro benzene ring substituents is 1. The molecule has 0 aliphatic carbocycles. The van der Waals surface area contributed by atoms with Gasteiger partial charge >= 0.3 is 0 Å². The number of nitro groups is 1. The number of nitrogens with zero attached hydrogens (tertiary/aromatic N) is 2. The smallest absolute Gasteiger partial charge is 0.274 e. The molecule has 2 N–H and O–H groups in total. The molecule has 3 aromatic rings. The highest BCUT2D eigenvalue weighted by Crippen LogP contribution is 2.26. The number of rotatable bonds is 6. The Labute approximate surface area is 158 Å². The Bertz CT molecular complexity index is 989. The number of H-pyrrole nitrogens is 1. The van der Waals surface area contributed by atoms with Crippen molar-refractivity contribution in [2.24, 2.45) is 0 Å². The quantitative estimate of drug-likeness (QED) is 0.376. The predicted molar refractivity (Wildman–Crippen MR) is 101 cm³/mol. The molecule has 7 nitrogen and oxygen atoms in total. The van der Waals surface area contributed by atoms with Crippen molar-refractivity contribution in [2.75, 3.05) is 11.1 Å². The molecule has 0 saturated carbocycles. The standard InChI is InChI=1S/C18H15FN4O3S/c1-11-14(3-2-4-16(11)23(25)26)21-17(24)10-27-18-20-9-15(22-18)12-5-7-13(19)8-6-12/h2-9H,10H2,1H3,(H,20,22)(H,21,24). The topological polar surface area (TPSA) is 101 Å². The van der Waals surface area contributed by atoms with E-state index in [0.717, 1.165) is 5.56 Å². The molecule has 2 aromatic carbocycles. The van der Waals surface area contributed by atoms with Crippen LogP contribution in [0.25, 0.3) is 11.3 Å². The molecule has 0 aliphatic rings. The largest absolute Gasteiger partial charge is 0.333 e. The number of imidazole rings is 1. The summed E-state index contributed by atoms with van der Waals surface area (Å²) in [6.45, 7) is 1.59. The second-order valence-electron chi connectivity index (χ2n) is 5.65. The van der Waals surface area contributed by atoms with E-state index in [1.54, 1.807) is 31.3 Å². The van der Waals surface area contributed by atoms with Gasteiger partial charge in [0.05, 0.1) is 33.8 Å². The number of hydrogen-bond donors (Lipinski definition) is 2. The average molecular weight is 386 g/mol. The normalized spacial score (nSPS) is 10.6. The second kappa shape index (κ2) is 8.00. The third-order valence-electron chi connectivity index (χ3n) is 3.82. The lowest BCUT2D eigenvalue weighted by molar-refractivity contribution is -0.385. The summed E-state index contributed by atoms with van der Waals surface area (Å²) in [6, 6.07) is 10.5. The van der Waals surface area contributed by atoms with Gasteiger partial charge in [-0.05, 0) is 42.8 Å². The Morgan fingerprint density at radius 2 is 2.04 bits per heavy atom. The summed E-state index contributed by atoms with van der Waals surface area (Å²) in [5.41, 5.74) is 2.26. The lowest BCUT2D eigenvalue weighted by Gasteiger charge is -2.08. The first-order valence-corrected chi connectivity index (χ1v) is 8.90. The Morgan fingerprint density at radius 1 is 1.30 bits per heavy atom. The summed E-state index contributed by atoms with van der Waals surface area (Å²) in [6.07, 6.45) is 1.61. The summed E-state index contributed by atoms with van der Waals surface area (Å²) in [7, 11) is 0. The Morgan fingerprint density at radius 3 is 2.74 bits per heavy atom. The first-order chi connectivity index (χ1) is 12.9. The molecule has 1 aromatic heterocycles. The maximum absolute atomic E-state index is 13.0. The van der Waals surface area contributed by atoms with Crippen LogP contribution in [-0.4, -0.2) is 26.6 Å². The number of aromatic nitrogens is 2. The molecular weight excluding hydrogens is 371 g/mol. The van der Waals surface area contributed by atoms with Crippen molar-refractivity contribution < 1.29 is 14.1 Å². The SMILES string of the molecule is Cc1c(NC(=O)CSc2ncc(-c3ccc(F)cc3)[nH]2)cccc1[N+](=O)[O-]. The van der Waals surface area contributed by atoms with E-state index >= 15 is 0 Å². The van der Waals surface area contributed by atoms with Gasteiger partial charge in [-0.25, -0.2) is 9.37 Å². The van der Waals surface area contributed by atoms with E-state index in [1.165, 1.54) is 36.0 Å². The van der Waals surface area contributed by atoms with Crippen LogP contribution >= 0.6 is 11.8 Å². The summed E-state index contributed by atoms with van der Waals surface area (Å²) < 4.78 is 13.0. The van der Waals surface area contributed by atoms with Crippen molar-refractivity contribution in [1.82, 2.24) is 9.97 Å². The van der Waals surface area contributed by atoms with E-state index in [0.29, 0.717) is 22.1 Å². The van der Waals surface area contributed by atoms with Gasteiger partial charge in [0.15, 0.2) is 5.16 Å². The molecule has 1 heterocycles. The number of nitrogens with one attached hydrogen (secondary N) is 2. The minimum atomic E-state index is -0.487. The fourth-order valence-corrected chi connectivity index (χ4v) is 3.08. The van der Waals surface area contributed by atoms with E-state index in [9.17, 15) is 19.3 Å². The van der Waals surface area contributed by atoms with Gasteiger partial charge in [0, 0.05) is 6.07 Å². The molecule has 0 saturated heterocycles. The predicted octanol–water partition coefficient (Wildman–Crippen LogP) is 4.16. The molecule has 0 aliphatic heterocycles. The zero-order valence-corrected chi connectivity index (χ0v) is 15.0. The third-order valence-corrected chi connectivity index (χ3v) is 4.71. The molecule has 0 fully saturated rings. The highest BCUT2D eigenvalue weighted by molar-refractivity contribution is 7.99. The lowest BCUT2D eigenvalue weighted by Crippen LogP contribution is -2.15. The van der Waals surface area contributed by atoms with Crippen molar-refractivity contribution in [3.8, 4) is 11.3 Å². The number of aromatic amines is 1. The molecule has 27 heavy (non-hydrogen) atoms. The van der Waals surface area contributed by atoms with Crippen LogP contribution in [-0.2, 0) is 4.79 Å². The Kier molecular flexibility index (Phi) is 5.51. The number of carbonyl (C=O) groups excluding carboxylic acids is 1. The summed E-state index contributed by atoms with van der Waals surface area (Å²) in [5.74, 6) is -0.539. The zero-order valence-electron chi connectivity index (χ0n) is 14.2. The van der Waals surface area contributed by atoms with Crippen molar-refractivity contribution in [3.05, 3.63) is 70.2 Å². The molecule has 0 bridgehead atoms. The summed E-state index contributed by atoms with van der Waals surface area (Å²) >= 11 is 1.20. The van der Waals surface area contributed by atoms with Crippen LogP contribution in [0.15, 0.2) is 53.8 Å². The van der Waals surface area contributed by atoms with Gasteiger partial charge in [-0.3, -0.25) is 14.9 Å². The Hall–Kier alpha value is -3.20. The fraction of sp³-hybridized carbons (Fsp3) is 0.111. The summed E-state index contributed by atoms with van der Waals surface area (Å²) in [4.78, 5) is 29.9. The van der Waals surface area contributed by atoms with Gasteiger partial charge in [0.25, 0.3) is 5.69 Å². The first-order valence-electron chi connectivity index (χ1n) is 7.91. The van der Waals surface area contributed by atoms with Crippen molar-refractivity contribution in [3.63, 3.8) is 0 Å². The first kappa shape index (κ1) is 18.6. The van der Waals surface area contributed by atoms with Gasteiger partial charge in [0.2, 0.25) is 5.91 Å². The number of thioether (sulfide) groups is 1. The van der Waals surface area contributed by atoms with Crippen LogP contribution < -0.4 is 5.32 Å². The van der Waals surface area contributed by atoms with Crippen LogP contribution in [0.4, 0.5) is 15.8 Å². The van der Waals surface area contributed by atoms with Crippen molar-refractivity contribution >= 4 is 29.0 Å². The minimum Gasteiger partial charge on any atom is -0.333 e. The van der Waals surface area contributed by atoms with Gasteiger partial charge < -0.3 is 10.3 Å². The maximum atomic E-state index is 13.0. The molecule has 3 rings (SSSR count). The van der Waals surface area contributed by atoms with Gasteiger partial charge in [-0.1, -0.05) is 17.8 Å². The number of halogens is 1. The molecule has 9 heteroatoms. The molecule has 138 valence electrons. The van der Waals surface area contributed by atoms with Gasteiger partial charge in [-0.15, -0.1) is 0 Å². The minimum absolute atomic E-state index is 0.0459. The third kappa shape index (κ3) is 4.50. The Balaban J connectivity index is 1.61. The van der Waals surface area contributed by atoms with Gasteiger partial charge in [-0.2, -0.15) is 0 Å². The van der Waals surface area contributed by atoms with Crippen molar-refractivity contribution in [2.45, 2.75) is 12.1 Å². The highest BCUT2D eigenvalue weighted by Gasteiger charge is 2.15. The van der Waals surface area contributed by atoms with Crippen molar-refractivity contribution in [1.29, 1.82) is 0 Å².